The first-order valence-corrected chi connectivity index (χ1v) is 11.7. The minimum Gasteiger partial charge on any atom is -0.460 e. The lowest BCUT2D eigenvalue weighted by Gasteiger charge is -2.19. The lowest BCUT2D eigenvalue weighted by atomic mass is 9.88. The number of carbonyl (C=O) groups is 1. The van der Waals surface area contributed by atoms with Gasteiger partial charge >= 0.3 is 5.97 Å². The standard InChI is InChI=1S/C25H42O4/c1-5-6-7-11-20(26)13-14-21-22-16-18(15-19(22)17-23(21)27)10-8-9-12-24(28)29-25(2,3)4/h13-15,19-23,26-27H,5-12,16-17H2,1-4H3/b14-13+/t19-,20-,21+,22-,23+/m0/s1. The van der Waals surface area contributed by atoms with Crippen molar-refractivity contribution < 1.29 is 19.7 Å². The third-order valence-electron chi connectivity index (χ3n) is 6.16. The number of aliphatic hydroxyl groups excluding tert-OH is 2. The van der Waals surface area contributed by atoms with Gasteiger partial charge in [0, 0.05) is 12.3 Å². The van der Waals surface area contributed by atoms with Crippen LogP contribution in [0.1, 0.15) is 91.9 Å². The summed E-state index contributed by atoms with van der Waals surface area (Å²) < 4.78 is 5.36. The quantitative estimate of drug-likeness (QED) is 0.276. The second kappa shape index (κ2) is 11.3. The molecule has 5 atom stereocenters. The molecule has 0 radical (unpaired) electrons. The molecule has 0 aromatic rings. The first-order chi connectivity index (χ1) is 13.7. The topological polar surface area (TPSA) is 66.8 Å². The van der Waals surface area contributed by atoms with Gasteiger partial charge in [0.15, 0.2) is 0 Å². The summed E-state index contributed by atoms with van der Waals surface area (Å²) in [5.74, 6) is 0.958. The fourth-order valence-electron chi connectivity index (χ4n) is 4.76. The first kappa shape index (κ1) is 24.1. The van der Waals surface area contributed by atoms with E-state index in [9.17, 15) is 15.0 Å². The van der Waals surface area contributed by atoms with Crippen LogP contribution in [0.15, 0.2) is 23.8 Å². The van der Waals surface area contributed by atoms with Gasteiger partial charge in [0.1, 0.15) is 5.60 Å². The van der Waals surface area contributed by atoms with E-state index in [1.807, 2.05) is 26.8 Å². The molecule has 0 amide bonds. The van der Waals surface area contributed by atoms with Crippen molar-refractivity contribution in [3.8, 4) is 0 Å². The molecule has 0 heterocycles. The third kappa shape index (κ3) is 8.25. The number of rotatable bonds is 11. The molecule has 2 N–H and O–H groups in total. The molecule has 0 unspecified atom stereocenters. The number of ether oxygens (including phenoxy) is 1. The third-order valence-corrected chi connectivity index (χ3v) is 6.16. The van der Waals surface area contributed by atoms with Crippen LogP contribution < -0.4 is 0 Å². The summed E-state index contributed by atoms with van der Waals surface area (Å²) in [6.45, 7) is 7.86. The molecule has 0 spiro atoms. The van der Waals surface area contributed by atoms with Crippen molar-refractivity contribution >= 4 is 5.97 Å². The lowest BCUT2D eigenvalue weighted by Crippen LogP contribution is -2.23. The molecular weight excluding hydrogens is 364 g/mol. The molecular formula is C25H42O4. The van der Waals surface area contributed by atoms with Crippen LogP contribution in [0.5, 0.6) is 0 Å². The summed E-state index contributed by atoms with van der Waals surface area (Å²) in [4.78, 5) is 11.8. The molecule has 4 nitrogen and oxygen atoms in total. The van der Waals surface area contributed by atoms with Crippen molar-refractivity contribution in [3.05, 3.63) is 23.8 Å². The fourth-order valence-corrected chi connectivity index (χ4v) is 4.76. The van der Waals surface area contributed by atoms with Gasteiger partial charge in [-0.3, -0.25) is 4.79 Å². The van der Waals surface area contributed by atoms with Gasteiger partial charge in [-0.05, 0) is 71.1 Å². The Hall–Kier alpha value is -1.13. The molecule has 4 heteroatoms. The van der Waals surface area contributed by atoms with Gasteiger partial charge in [0.05, 0.1) is 12.2 Å². The number of aliphatic hydroxyl groups is 2. The zero-order valence-electron chi connectivity index (χ0n) is 18.9. The van der Waals surface area contributed by atoms with Crippen LogP contribution >= 0.6 is 0 Å². The van der Waals surface area contributed by atoms with Gasteiger partial charge in [-0.1, -0.05) is 50.0 Å². The molecule has 1 saturated carbocycles. The smallest absolute Gasteiger partial charge is 0.306 e. The summed E-state index contributed by atoms with van der Waals surface area (Å²) >= 11 is 0. The van der Waals surface area contributed by atoms with Crippen LogP contribution in [0.25, 0.3) is 0 Å². The van der Waals surface area contributed by atoms with E-state index in [0.29, 0.717) is 18.3 Å². The normalized spacial score (nSPS) is 27.9. The number of allylic oxidation sites excluding steroid dienone is 2. The predicted molar refractivity (Wildman–Crippen MR) is 117 cm³/mol. The Morgan fingerprint density at radius 1 is 1.28 bits per heavy atom. The molecule has 2 rings (SSSR count). The molecule has 166 valence electrons. The Labute approximate surface area is 177 Å². The van der Waals surface area contributed by atoms with Gasteiger partial charge < -0.3 is 14.9 Å². The maximum absolute atomic E-state index is 11.8. The minimum absolute atomic E-state index is 0.111. The molecule has 2 aliphatic carbocycles. The Morgan fingerprint density at radius 3 is 2.72 bits per heavy atom. The highest BCUT2D eigenvalue weighted by Gasteiger charge is 2.43. The van der Waals surface area contributed by atoms with Crippen LogP contribution in [0.2, 0.25) is 0 Å². The van der Waals surface area contributed by atoms with E-state index in [-0.39, 0.29) is 18.0 Å². The number of esters is 1. The molecule has 0 aromatic carbocycles. The number of hydrogen-bond donors (Lipinski definition) is 2. The van der Waals surface area contributed by atoms with Crippen LogP contribution in [-0.2, 0) is 9.53 Å². The van der Waals surface area contributed by atoms with E-state index in [0.717, 1.165) is 57.8 Å². The lowest BCUT2D eigenvalue weighted by molar-refractivity contribution is -0.154. The molecule has 0 saturated heterocycles. The molecule has 0 aromatic heterocycles. The van der Waals surface area contributed by atoms with E-state index in [2.05, 4.69) is 19.1 Å². The molecule has 0 bridgehead atoms. The van der Waals surface area contributed by atoms with Gasteiger partial charge in [0.2, 0.25) is 0 Å². The fraction of sp³-hybridized carbons (Fsp3) is 0.800. The van der Waals surface area contributed by atoms with Gasteiger partial charge in [0.25, 0.3) is 0 Å². The Kier molecular flexibility index (Phi) is 9.42. The Morgan fingerprint density at radius 2 is 2.03 bits per heavy atom. The van der Waals surface area contributed by atoms with Crippen molar-refractivity contribution in [2.24, 2.45) is 17.8 Å². The van der Waals surface area contributed by atoms with Crippen molar-refractivity contribution in [1.29, 1.82) is 0 Å². The van der Waals surface area contributed by atoms with E-state index < -0.39 is 11.7 Å². The van der Waals surface area contributed by atoms with E-state index >= 15 is 0 Å². The van der Waals surface area contributed by atoms with Gasteiger partial charge in [-0.15, -0.1) is 0 Å². The SMILES string of the molecule is CCCCC[C@H](O)/C=C/[C@@H]1[C@H]2CC(CCCCC(=O)OC(C)(C)C)=C[C@H]2C[C@H]1O. The highest BCUT2D eigenvalue weighted by atomic mass is 16.6. The second-order valence-electron chi connectivity index (χ2n) is 9.98. The van der Waals surface area contributed by atoms with Crippen LogP contribution in [0, 0.1) is 17.8 Å². The van der Waals surface area contributed by atoms with Crippen LogP contribution in [-0.4, -0.2) is 34.0 Å². The van der Waals surface area contributed by atoms with E-state index in [1.54, 1.807) is 0 Å². The summed E-state index contributed by atoms with van der Waals surface area (Å²) in [5, 5.41) is 20.6. The van der Waals surface area contributed by atoms with Crippen molar-refractivity contribution in [2.45, 2.75) is 110 Å². The maximum Gasteiger partial charge on any atom is 0.306 e. The van der Waals surface area contributed by atoms with E-state index in [1.165, 1.54) is 5.57 Å². The predicted octanol–water partition coefficient (Wildman–Crippen LogP) is 5.33. The van der Waals surface area contributed by atoms with Gasteiger partial charge in [-0.2, -0.15) is 0 Å². The average molecular weight is 407 g/mol. The zero-order chi connectivity index (χ0) is 21.4. The Bertz CT molecular complexity index is 572. The summed E-state index contributed by atoms with van der Waals surface area (Å²) in [6.07, 6.45) is 15.1. The number of carbonyl (C=O) groups excluding carboxylic acids is 1. The van der Waals surface area contributed by atoms with Gasteiger partial charge in [-0.25, -0.2) is 0 Å². The summed E-state index contributed by atoms with van der Waals surface area (Å²) in [6, 6.07) is 0. The van der Waals surface area contributed by atoms with E-state index in [4.69, 9.17) is 4.74 Å². The molecule has 2 aliphatic rings. The molecule has 1 fully saturated rings. The molecule has 29 heavy (non-hydrogen) atoms. The minimum atomic E-state index is -0.407. The second-order valence-corrected chi connectivity index (χ2v) is 9.98. The van der Waals surface area contributed by atoms with Crippen LogP contribution in [0.3, 0.4) is 0 Å². The maximum atomic E-state index is 11.8. The monoisotopic (exact) mass is 406 g/mol. The van der Waals surface area contributed by atoms with Crippen molar-refractivity contribution in [3.63, 3.8) is 0 Å². The average Bonchev–Trinajstić information content (AvgIpc) is 3.12. The van der Waals surface area contributed by atoms with Crippen LogP contribution in [0.4, 0.5) is 0 Å². The zero-order valence-corrected chi connectivity index (χ0v) is 18.9. The van der Waals surface area contributed by atoms with Crippen molar-refractivity contribution in [2.75, 3.05) is 0 Å². The number of hydrogen-bond acceptors (Lipinski definition) is 4. The summed E-state index contributed by atoms with van der Waals surface area (Å²) in [7, 11) is 0. The largest absolute Gasteiger partial charge is 0.460 e. The number of unbranched alkanes of at least 4 members (excludes halogenated alkanes) is 3. The Balaban J connectivity index is 1.73. The molecule has 0 aliphatic heterocycles. The van der Waals surface area contributed by atoms with Crippen molar-refractivity contribution in [1.82, 2.24) is 0 Å². The number of fused-ring (bicyclic) bond motifs is 1. The highest BCUT2D eigenvalue weighted by Crippen LogP contribution is 2.48. The first-order valence-electron chi connectivity index (χ1n) is 11.7. The highest BCUT2D eigenvalue weighted by molar-refractivity contribution is 5.69. The summed E-state index contributed by atoms with van der Waals surface area (Å²) in [5.41, 5.74) is 1.06.